The highest BCUT2D eigenvalue weighted by molar-refractivity contribution is 5.78. The Kier molecular flexibility index (Phi) is 3.71. The molecule has 1 aromatic carbocycles. The van der Waals surface area contributed by atoms with E-state index in [-0.39, 0.29) is 5.75 Å². The molecule has 0 amide bonds. The molecule has 0 aliphatic heterocycles. The first-order valence-electron chi connectivity index (χ1n) is 4.17. The molecule has 4 nitrogen and oxygen atoms in total. The lowest BCUT2D eigenvalue weighted by Gasteiger charge is -2.05. The summed E-state index contributed by atoms with van der Waals surface area (Å²) in [7, 11) is 0. The molecule has 0 radical (unpaired) electrons. The zero-order valence-electron chi connectivity index (χ0n) is 7.94. The van der Waals surface area contributed by atoms with Gasteiger partial charge in [0.2, 0.25) is 6.08 Å². The molecule has 0 saturated carbocycles. The van der Waals surface area contributed by atoms with E-state index >= 15 is 0 Å². The fourth-order valence-electron chi connectivity index (χ4n) is 0.836. The Balaban J connectivity index is 2.66. The summed E-state index contributed by atoms with van der Waals surface area (Å²) < 4.78 is 17.3. The minimum atomic E-state index is -0.910. The van der Waals surface area contributed by atoms with Gasteiger partial charge < -0.3 is 4.74 Å². The Labute approximate surface area is 85.4 Å². The fourth-order valence-corrected chi connectivity index (χ4v) is 0.836. The van der Waals surface area contributed by atoms with Crippen LogP contribution < -0.4 is 4.74 Å². The van der Waals surface area contributed by atoms with Crippen LogP contribution in [0.25, 0.3) is 0 Å². The van der Waals surface area contributed by atoms with Crippen LogP contribution in [0, 0.1) is 5.82 Å². The summed E-state index contributed by atoms with van der Waals surface area (Å²) in [4.78, 5) is 24.3. The summed E-state index contributed by atoms with van der Waals surface area (Å²) in [5.41, 5.74) is 0. The van der Waals surface area contributed by atoms with E-state index < -0.39 is 17.8 Å². The third-order valence-corrected chi connectivity index (χ3v) is 1.62. The van der Waals surface area contributed by atoms with Crippen molar-refractivity contribution in [2.24, 2.45) is 4.99 Å². The number of nitrogens with zero attached hydrogens (tertiary/aromatic N) is 1. The van der Waals surface area contributed by atoms with Crippen molar-refractivity contribution >= 4 is 12.0 Å². The summed E-state index contributed by atoms with van der Waals surface area (Å²) in [5, 5.41) is 0. The van der Waals surface area contributed by atoms with E-state index in [1.54, 1.807) is 0 Å². The zero-order valence-corrected chi connectivity index (χ0v) is 7.94. The molecule has 1 unspecified atom stereocenters. The van der Waals surface area contributed by atoms with Gasteiger partial charge in [-0.2, -0.15) is 4.99 Å². The molecular weight excluding hydrogens is 201 g/mol. The van der Waals surface area contributed by atoms with Crippen molar-refractivity contribution in [1.29, 1.82) is 0 Å². The molecule has 1 rings (SSSR count). The Bertz CT molecular complexity index is 396. The van der Waals surface area contributed by atoms with E-state index in [0.717, 1.165) is 12.1 Å². The lowest BCUT2D eigenvalue weighted by atomic mass is 10.3. The molecule has 0 bridgehead atoms. The van der Waals surface area contributed by atoms with Crippen LogP contribution in [0.5, 0.6) is 5.75 Å². The molecule has 15 heavy (non-hydrogen) atoms. The first kappa shape index (κ1) is 11.1. The zero-order chi connectivity index (χ0) is 11.3. The Morgan fingerprint density at radius 3 is 2.60 bits per heavy atom. The summed E-state index contributed by atoms with van der Waals surface area (Å²) >= 11 is 0. The highest BCUT2D eigenvalue weighted by Crippen LogP contribution is 2.12. The van der Waals surface area contributed by atoms with E-state index in [4.69, 9.17) is 4.74 Å². The molecular formula is C10H8FNO3. The van der Waals surface area contributed by atoms with Gasteiger partial charge in [-0.1, -0.05) is 0 Å². The number of halogens is 1. The third-order valence-electron chi connectivity index (χ3n) is 1.62. The topological polar surface area (TPSA) is 55.7 Å². The van der Waals surface area contributed by atoms with Crippen molar-refractivity contribution in [2.75, 3.05) is 0 Å². The monoisotopic (exact) mass is 209 g/mol. The largest absolute Gasteiger partial charge is 0.425 e. The van der Waals surface area contributed by atoms with Crippen LogP contribution in [0.4, 0.5) is 4.39 Å². The second-order valence-electron chi connectivity index (χ2n) is 2.77. The van der Waals surface area contributed by atoms with E-state index in [2.05, 4.69) is 4.99 Å². The normalized spacial score (nSPS) is 11.3. The number of ether oxygens (including phenoxy) is 1. The number of benzene rings is 1. The smallest absolute Gasteiger partial charge is 0.336 e. The molecule has 0 saturated heterocycles. The number of aliphatic imine (C=N–C) groups is 1. The summed E-state index contributed by atoms with van der Waals surface area (Å²) in [5.74, 6) is -0.909. The van der Waals surface area contributed by atoms with Gasteiger partial charge in [-0.15, -0.1) is 0 Å². The average molecular weight is 209 g/mol. The van der Waals surface area contributed by atoms with Gasteiger partial charge >= 0.3 is 5.97 Å². The van der Waals surface area contributed by atoms with E-state index in [9.17, 15) is 14.0 Å². The molecule has 0 aromatic heterocycles. The SMILES string of the molecule is CC(N=C=O)C(=O)Oc1ccc(F)cc1. The third kappa shape index (κ3) is 3.32. The van der Waals surface area contributed by atoms with Crippen LogP contribution in [-0.4, -0.2) is 18.1 Å². The maximum Gasteiger partial charge on any atom is 0.336 e. The van der Waals surface area contributed by atoms with Crippen molar-refractivity contribution in [3.63, 3.8) is 0 Å². The Morgan fingerprint density at radius 2 is 2.07 bits per heavy atom. The molecule has 5 heteroatoms. The Hall–Kier alpha value is -2.00. The average Bonchev–Trinajstić information content (AvgIpc) is 2.22. The molecule has 78 valence electrons. The second kappa shape index (κ2) is 5.02. The van der Waals surface area contributed by atoms with Crippen LogP contribution in [0.15, 0.2) is 29.3 Å². The second-order valence-corrected chi connectivity index (χ2v) is 2.77. The van der Waals surface area contributed by atoms with Gasteiger partial charge in [0.25, 0.3) is 0 Å². The van der Waals surface area contributed by atoms with E-state index in [0.29, 0.717) is 0 Å². The standard InChI is InChI=1S/C10H8FNO3/c1-7(12-6-13)10(14)15-9-4-2-8(11)3-5-9/h2-5,7H,1H3. The minimum Gasteiger partial charge on any atom is -0.425 e. The Morgan fingerprint density at radius 1 is 1.47 bits per heavy atom. The van der Waals surface area contributed by atoms with Gasteiger partial charge in [0.15, 0.2) is 6.04 Å². The van der Waals surface area contributed by atoms with Crippen molar-refractivity contribution in [1.82, 2.24) is 0 Å². The van der Waals surface area contributed by atoms with Gasteiger partial charge in [-0.25, -0.2) is 14.0 Å². The lowest BCUT2D eigenvalue weighted by molar-refractivity contribution is -0.135. The predicted molar refractivity (Wildman–Crippen MR) is 49.6 cm³/mol. The first-order valence-corrected chi connectivity index (χ1v) is 4.17. The van der Waals surface area contributed by atoms with Gasteiger partial charge in [0, 0.05) is 0 Å². The highest BCUT2D eigenvalue weighted by Gasteiger charge is 2.13. The van der Waals surface area contributed by atoms with Gasteiger partial charge in [-0.3, -0.25) is 0 Å². The molecule has 0 aliphatic rings. The van der Waals surface area contributed by atoms with Crippen LogP contribution in [0.3, 0.4) is 0 Å². The fraction of sp³-hybridized carbons (Fsp3) is 0.200. The number of hydrogen-bond acceptors (Lipinski definition) is 4. The maximum atomic E-state index is 12.5. The minimum absolute atomic E-state index is 0.203. The molecule has 0 aliphatic carbocycles. The highest BCUT2D eigenvalue weighted by atomic mass is 19.1. The lowest BCUT2D eigenvalue weighted by Crippen LogP contribution is -2.20. The van der Waals surface area contributed by atoms with Crippen LogP contribution >= 0.6 is 0 Å². The van der Waals surface area contributed by atoms with Crippen LogP contribution in [-0.2, 0) is 9.59 Å². The first-order chi connectivity index (χ1) is 7.13. The van der Waals surface area contributed by atoms with E-state index in [1.807, 2.05) is 0 Å². The van der Waals surface area contributed by atoms with Crippen molar-refractivity contribution < 1.29 is 18.7 Å². The predicted octanol–water partition coefficient (Wildman–Crippen LogP) is 1.46. The maximum absolute atomic E-state index is 12.5. The van der Waals surface area contributed by atoms with Gasteiger partial charge in [0.05, 0.1) is 0 Å². The summed E-state index contributed by atoms with van der Waals surface area (Å²) in [6.07, 6.45) is 1.26. The van der Waals surface area contributed by atoms with Crippen molar-refractivity contribution in [3.8, 4) is 5.75 Å². The van der Waals surface area contributed by atoms with Crippen LogP contribution in [0.1, 0.15) is 6.92 Å². The molecule has 0 N–H and O–H groups in total. The molecule has 1 atom stereocenters. The summed E-state index contributed by atoms with van der Waals surface area (Å²) in [6, 6.07) is 4.04. The number of hydrogen-bond donors (Lipinski definition) is 0. The molecule has 0 fully saturated rings. The number of isocyanates is 1. The quantitative estimate of drug-likeness (QED) is 0.327. The van der Waals surface area contributed by atoms with Gasteiger partial charge in [0.1, 0.15) is 11.6 Å². The number of carbonyl (C=O) groups excluding carboxylic acids is 2. The number of carbonyl (C=O) groups is 1. The summed E-state index contributed by atoms with van der Waals surface area (Å²) in [6.45, 7) is 1.40. The molecule has 0 spiro atoms. The van der Waals surface area contributed by atoms with Crippen molar-refractivity contribution in [3.05, 3.63) is 30.1 Å². The number of esters is 1. The van der Waals surface area contributed by atoms with Crippen LogP contribution in [0.2, 0.25) is 0 Å². The molecule has 1 aromatic rings. The molecule has 0 heterocycles. The van der Waals surface area contributed by atoms with E-state index in [1.165, 1.54) is 25.1 Å². The number of rotatable bonds is 3. The van der Waals surface area contributed by atoms with Crippen molar-refractivity contribution in [2.45, 2.75) is 13.0 Å². The van der Waals surface area contributed by atoms with Gasteiger partial charge in [-0.05, 0) is 31.2 Å².